The van der Waals surface area contributed by atoms with E-state index in [9.17, 15) is 0 Å². The Bertz CT molecular complexity index is 362. The van der Waals surface area contributed by atoms with Crippen LogP contribution >= 0.6 is 15.9 Å². The Morgan fingerprint density at radius 2 is 2.06 bits per heavy atom. The van der Waals surface area contributed by atoms with Crippen molar-refractivity contribution < 1.29 is 4.74 Å². The Balaban J connectivity index is 2.21. The number of morpholine rings is 1. The zero-order valence-corrected chi connectivity index (χ0v) is 11.0. The van der Waals surface area contributed by atoms with Gasteiger partial charge in [-0.25, -0.2) is 0 Å². The number of ether oxygens (including phenoxy) is 1. The molecular weight excluding hydrogens is 268 g/mol. The molecule has 1 atom stereocenters. The van der Waals surface area contributed by atoms with Crippen LogP contribution in [0.25, 0.3) is 0 Å². The third kappa shape index (κ3) is 2.56. The van der Waals surface area contributed by atoms with E-state index in [0.717, 1.165) is 36.3 Å². The maximum absolute atomic E-state index is 5.86. The van der Waals surface area contributed by atoms with Crippen molar-refractivity contribution in [3.8, 4) is 0 Å². The van der Waals surface area contributed by atoms with Crippen LogP contribution < -0.4 is 10.6 Å². The minimum absolute atomic E-state index is 0.0787. The van der Waals surface area contributed by atoms with E-state index in [2.05, 4.69) is 39.0 Å². The third-order valence-corrected chi connectivity index (χ3v) is 3.48. The quantitative estimate of drug-likeness (QED) is 0.906. The van der Waals surface area contributed by atoms with Gasteiger partial charge in [0, 0.05) is 23.6 Å². The summed E-state index contributed by atoms with van der Waals surface area (Å²) in [5.74, 6) is 0. The monoisotopic (exact) mass is 284 g/mol. The fraction of sp³-hybridized carbons (Fsp3) is 0.500. The summed E-state index contributed by atoms with van der Waals surface area (Å²) in [6, 6.07) is 6.42. The molecule has 0 aliphatic carbocycles. The number of nitrogens with two attached hydrogens (primary N) is 1. The molecule has 1 fully saturated rings. The van der Waals surface area contributed by atoms with Gasteiger partial charge in [-0.15, -0.1) is 0 Å². The van der Waals surface area contributed by atoms with Crippen LogP contribution in [0.2, 0.25) is 0 Å². The molecule has 1 heterocycles. The van der Waals surface area contributed by atoms with Crippen LogP contribution in [-0.2, 0) is 4.74 Å². The van der Waals surface area contributed by atoms with Crippen LogP contribution in [0, 0.1) is 0 Å². The largest absolute Gasteiger partial charge is 0.378 e. The second-order valence-electron chi connectivity index (χ2n) is 4.10. The fourth-order valence-electron chi connectivity index (χ4n) is 1.87. The molecule has 1 aromatic rings. The highest BCUT2D eigenvalue weighted by Gasteiger charge is 2.14. The Kier molecular flexibility index (Phi) is 3.84. The number of anilines is 1. The summed E-state index contributed by atoms with van der Waals surface area (Å²) in [5.41, 5.74) is 8.24. The highest BCUT2D eigenvalue weighted by atomic mass is 79.9. The van der Waals surface area contributed by atoms with Crippen LogP contribution in [0.3, 0.4) is 0 Å². The Morgan fingerprint density at radius 1 is 1.38 bits per heavy atom. The van der Waals surface area contributed by atoms with Crippen molar-refractivity contribution >= 4 is 21.6 Å². The van der Waals surface area contributed by atoms with Gasteiger partial charge in [0.15, 0.2) is 0 Å². The molecule has 88 valence electrons. The Labute approximate surface area is 105 Å². The molecule has 4 heteroatoms. The normalized spacial score (nSPS) is 18.6. The van der Waals surface area contributed by atoms with Crippen molar-refractivity contribution in [1.82, 2.24) is 0 Å². The predicted octanol–water partition coefficient (Wildman–Crippen LogP) is 2.31. The first-order chi connectivity index (χ1) is 7.68. The van der Waals surface area contributed by atoms with E-state index in [1.54, 1.807) is 0 Å². The van der Waals surface area contributed by atoms with E-state index in [1.807, 2.05) is 6.92 Å². The van der Waals surface area contributed by atoms with Gasteiger partial charge < -0.3 is 15.4 Å². The van der Waals surface area contributed by atoms with Gasteiger partial charge in [0.05, 0.1) is 18.9 Å². The molecule has 0 saturated carbocycles. The lowest BCUT2D eigenvalue weighted by Crippen LogP contribution is -2.36. The molecule has 0 aromatic heterocycles. The van der Waals surface area contributed by atoms with E-state index in [1.165, 1.54) is 5.69 Å². The van der Waals surface area contributed by atoms with Gasteiger partial charge in [0.2, 0.25) is 0 Å². The third-order valence-electron chi connectivity index (χ3n) is 2.85. The molecule has 1 aromatic carbocycles. The summed E-state index contributed by atoms with van der Waals surface area (Å²) < 4.78 is 6.46. The van der Waals surface area contributed by atoms with E-state index in [0.29, 0.717) is 0 Å². The molecule has 16 heavy (non-hydrogen) atoms. The Hall–Kier alpha value is -0.580. The first-order valence-corrected chi connectivity index (χ1v) is 6.35. The highest BCUT2D eigenvalue weighted by molar-refractivity contribution is 9.10. The molecule has 0 amide bonds. The van der Waals surface area contributed by atoms with Gasteiger partial charge >= 0.3 is 0 Å². The molecule has 0 bridgehead atoms. The van der Waals surface area contributed by atoms with Crippen molar-refractivity contribution in [2.75, 3.05) is 31.2 Å². The van der Waals surface area contributed by atoms with Gasteiger partial charge in [0.1, 0.15) is 0 Å². The second kappa shape index (κ2) is 5.17. The van der Waals surface area contributed by atoms with Crippen molar-refractivity contribution in [1.29, 1.82) is 0 Å². The molecule has 3 nitrogen and oxygen atoms in total. The van der Waals surface area contributed by atoms with Crippen molar-refractivity contribution in [2.24, 2.45) is 5.73 Å². The van der Waals surface area contributed by atoms with E-state index in [-0.39, 0.29) is 6.04 Å². The van der Waals surface area contributed by atoms with Crippen LogP contribution in [0.4, 0.5) is 5.69 Å². The average Bonchev–Trinajstić information content (AvgIpc) is 2.30. The molecule has 0 spiro atoms. The molecule has 1 aliphatic rings. The predicted molar refractivity (Wildman–Crippen MR) is 69.8 cm³/mol. The van der Waals surface area contributed by atoms with Gasteiger partial charge in [-0.3, -0.25) is 0 Å². The first-order valence-electron chi connectivity index (χ1n) is 5.56. The van der Waals surface area contributed by atoms with Crippen LogP contribution in [0.15, 0.2) is 22.7 Å². The second-order valence-corrected chi connectivity index (χ2v) is 4.95. The summed E-state index contributed by atoms with van der Waals surface area (Å²) in [7, 11) is 0. The zero-order valence-electron chi connectivity index (χ0n) is 9.45. The van der Waals surface area contributed by atoms with Crippen molar-refractivity contribution in [2.45, 2.75) is 13.0 Å². The van der Waals surface area contributed by atoms with Gasteiger partial charge in [0.25, 0.3) is 0 Å². The van der Waals surface area contributed by atoms with Crippen molar-refractivity contribution in [3.63, 3.8) is 0 Å². The number of rotatable bonds is 2. The number of hydrogen-bond acceptors (Lipinski definition) is 3. The molecule has 2 rings (SSSR count). The number of benzene rings is 1. The first kappa shape index (κ1) is 11.9. The lowest BCUT2D eigenvalue weighted by molar-refractivity contribution is 0.122. The summed E-state index contributed by atoms with van der Waals surface area (Å²) in [5, 5.41) is 0. The summed E-state index contributed by atoms with van der Waals surface area (Å²) in [6.45, 7) is 5.52. The smallest absolute Gasteiger partial charge is 0.0642 e. The SMILES string of the molecule is C[C@@H](N)c1ccc(N2CCOCC2)c(Br)c1. The summed E-state index contributed by atoms with van der Waals surface area (Å²) >= 11 is 3.61. The molecular formula is C12H17BrN2O. The average molecular weight is 285 g/mol. The zero-order chi connectivity index (χ0) is 11.5. The fourth-order valence-corrected chi connectivity index (χ4v) is 2.51. The maximum atomic E-state index is 5.86. The van der Waals surface area contributed by atoms with Crippen molar-refractivity contribution in [3.05, 3.63) is 28.2 Å². The van der Waals surface area contributed by atoms with Gasteiger partial charge in [-0.2, -0.15) is 0 Å². The highest BCUT2D eigenvalue weighted by Crippen LogP contribution is 2.29. The van der Waals surface area contributed by atoms with E-state index >= 15 is 0 Å². The van der Waals surface area contributed by atoms with Crippen LogP contribution in [0.1, 0.15) is 18.5 Å². The summed E-state index contributed by atoms with van der Waals surface area (Å²) in [6.07, 6.45) is 0. The lowest BCUT2D eigenvalue weighted by atomic mass is 10.1. The number of nitrogens with zero attached hydrogens (tertiary/aromatic N) is 1. The van der Waals surface area contributed by atoms with E-state index < -0.39 is 0 Å². The van der Waals surface area contributed by atoms with Crippen LogP contribution in [0.5, 0.6) is 0 Å². The minimum Gasteiger partial charge on any atom is -0.378 e. The topological polar surface area (TPSA) is 38.5 Å². The van der Waals surface area contributed by atoms with E-state index in [4.69, 9.17) is 10.5 Å². The summed E-state index contributed by atoms with van der Waals surface area (Å²) in [4.78, 5) is 2.33. The lowest BCUT2D eigenvalue weighted by Gasteiger charge is -2.30. The number of hydrogen-bond donors (Lipinski definition) is 1. The van der Waals surface area contributed by atoms with Crippen LogP contribution in [-0.4, -0.2) is 26.3 Å². The van der Waals surface area contributed by atoms with Gasteiger partial charge in [-0.05, 0) is 40.5 Å². The standard InChI is InChI=1S/C12H17BrN2O/c1-9(14)10-2-3-12(11(13)8-10)15-4-6-16-7-5-15/h2-3,8-9H,4-7,14H2,1H3/t9-/m1/s1. The molecule has 1 saturated heterocycles. The number of halogens is 1. The molecule has 1 aliphatic heterocycles. The van der Waals surface area contributed by atoms with Gasteiger partial charge in [-0.1, -0.05) is 6.07 Å². The molecule has 0 unspecified atom stereocenters. The molecule has 0 radical (unpaired) electrons. The minimum atomic E-state index is 0.0787. The molecule has 2 N–H and O–H groups in total. The maximum Gasteiger partial charge on any atom is 0.0642 e. The Morgan fingerprint density at radius 3 is 2.62 bits per heavy atom.